The highest BCUT2D eigenvalue weighted by atomic mass is 32.1. The van der Waals surface area contributed by atoms with Crippen molar-refractivity contribution >= 4 is 34.1 Å². The Morgan fingerprint density at radius 2 is 2.19 bits per heavy atom. The molecule has 0 aliphatic carbocycles. The summed E-state index contributed by atoms with van der Waals surface area (Å²) in [6.07, 6.45) is 1.97. The second-order valence-corrected chi connectivity index (χ2v) is 7.85. The van der Waals surface area contributed by atoms with E-state index in [0.29, 0.717) is 17.0 Å². The van der Waals surface area contributed by atoms with Gasteiger partial charge in [0.25, 0.3) is 5.91 Å². The van der Waals surface area contributed by atoms with Gasteiger partial charge < -0.3 is 9.88 Å². The van der Waals surface area contributed by atoms with Crippen molar-refractivity contribution in [2.24, 2.45) is 0 Å². The van der Waals surface area contributed by atoms with E-state index in [1.807, 2.05) is 17.0 Å². The molecule has 3 aromatic rings. The Kier molecular flexibility index (Phi) is 4.36. The lowest BCUT2D eigenvalue weighted by molar-refractivity contribution is 0.0705. The molecule has 0 spiro atoms. The molecule has 1 aliphatic rings. The van der Waals surface area contributed by atoms with Gasteiger partial charge in [-0.1, -0.05) is 12.1 Å². The molecule has 134 valence electrons. The number of hydrogen-bond donors (Lipinski definition) is 1. The van der Waals surface area contributed by atoms with Crippen molar-refractivity contribution < 1.29 is 9.59 Å². The van der Waals surface area contributed by atoms with Gasteiger partial charge in [0.05, 0.1) is 21.5 Å². The van der Waals surface area contributed by atoms with Gasteiger partial charge in [-0.15, -0.1) is 11.3 Å². The van der Waals surface area contributed by atoms with Crippen LogP contribution >= 0.6 is 11.3 Å². The summed E-state index contributed by atoms with van der Waals surface area (Å²) in [5.41, 5.74) is 3.83. The Bertz CT molecular complexity index is 988. The fourth-order valence-corrected chi connectivity index (χ4v) is 4.37. The number of carbonyl (C=O) groups is 2. The minimum Gasteiger partial charge on any atom is -0.342 e. The quantitative estimate of drug-likeness (QED) is 0.707. The van der Waals surface area contributed by atoms with Gasteiger partial charge in [-0.05, 0) is 44.4 Å². The van der Waals surface area contributed by atoms with Crippen LogP contribution in [0.15, 0.2) is 29.6 Å². The number of aromatic nitrogens is 2. The van der Waals surface area contributed by atoms with E-state index in [-0.39, 0.29) is 17.6 Å². The fraction of sp³-hybridized carbons (Fsp3) is 0.350. The first-order valence-electron chi connectivity index (χ1n) is 8.87. The molecule has 1 fully saturated rings. The van der Waals surface area contributed by atoms with Gasteiger partial charge in [-0.3, -0.25) is 9.59 Å². The number of carbonyl (C=O) groups excluding carboxylic acids is 2. The van der Waals surface area contributed by atoms with Crippen LogP contribution in [-0.4, -0.2) is 39.6 Å². The van der Waals surface area contributed by atoms with E-state index >= 15 is 0 Å². The van der Waals surface area contributed by atoms with Crippen LogP contribution in [0.1, 0.15) is 57.1 Å². The van der Waals surface area contributed by atoms with Gasteiger partial charge in [0.1, 0.15) is 5.82 Å². The number of fused-ring (bicyclic) bond motifs is 1. The van der Waals surface area contributed by atoms with E-state index in [9.17, 15) is 9.59 Å². The monoisotopic (exact) mass is 367 g/mol. The summed E-state index contributed by atoms with van der Waals surface area (Å²) in [6.45, 7) is 5.00. The van der Waals surface area contributed by atoms with E-state index in [4.69, 9.17) is 4.98 Å². The second kappa shape index (κ2) is 6.68. The number of ketones is 1. The molecular weight excluding hydrogens is 346 g/mol. The average molecular weight is 367 g/mol. The third kappa shape index (κ3) is 3.05. The van der Waals surface area contributed by atoms with Gasteiger partial charge in [0, 0.05) is 24.4 Å². The number of thiophene rings is 1. The first-order chi connectivity index (χ1) is 12.5. The number of hydrogen-bond acceptors (Lipinski definition) is 4. The van der Waals surface area contributed by atoms with Crippen LogP contribution in [-0.2, 0) is 0 Å². The molecule has 5 nitrogen and oxygen atoms in total. The van der Waals surface area contributed by atoms with Crippen LogP contribution in [0, 0.1) is 6.92 Å². The zero-order valence-electron chi connectivity index (χ0n) is 14.9. The third-order valence-corrected chi connectivity index (χ3v) is 6.05. The van der Waals surface area contributed by atoms with Gasteiger partial charge in [0.2, 0.25) is 0 Å². The van der Waals surface area contributed by atoms with Crippen molar-refractivity contribution in [3.8, 4) is 0 Å². The van der Waals surface area contributed by atoms with Crippen LogP contribution < -0.4 is 0 Å². The number of aryl methyl sites for hydroxylation is 1. The van der Waals surface area contributed by atoms with E-state index in [1.54, 1.807) is 11.4 Å². The van der Waals surface area contributed by atoms with Crippen LogP contribution in [0.25, 0.3) is 11.0 Å². The summed E-state index contributed by atoms with van der Waals surface area (Å²) in [6, 6.07) is 7.84. The van der Waals surface area contributed by atoms with Gasteiger partial charge in [-0.25, -0.2) is 4.98 Å². The standard InChI is InChI=1S/C20H21N3O2S/c1-12-5-3-7-16-18(12)22-19(21-16)14-6-4-8-23(10-14)20(25)15-9-17(13(2)24)26-11-15/h3,5,7,9,11,14H,4,6,8,10H2,1-2H3,(H,21,22). The smallest absolute Gasteiger partial charge is 0.254 e. The van der Waals surface area contributed by atoms with E-state index in [2.05, 4.69) is 18.0 Å². The number of Topliss-reactive ketones (excluding diaryl/α,β-unsaturated/α-hetero) is 1. The molecule has 1 aromatic carbocycles. The van der Waals surface area contributed by atoms with Gasteiger partial charge in [0.15, 0.2) is 5.78 Å². The van der Waals surface area contributed by atoms with Crippen LogP contribution in [0.4, 0.5) is 0 Å². The number of para-hydroxylation sites is 1. The summed E-state index contributed by atoms with van der Waals surface area (Å²) in [4.78, 5) is 35.1. The first kappa shape index (κ1) is 17.0. The molecular formula is C20H21N3O2S. The summed E-state index contributed by atoms with van der Waals surface area (Å²) < 4.78 is 0. The molecule has 2 aromatic heterocycles. The third-order valence-electron chi connectivity index (χ3n) is 5.02. The van der Waals surface area contributed by atoms with E-state index in [0.717, 1.165) is 41.8 Å². The molecule has 0 radical (unpaired) electrons. The Labute approximate surface area is 156 Å². The number of rotatable bonds is 3. The molecule has 26 heavy (non-hydrogen) atoms. The second-order valence-electron chi connectivity index (χ2n) is 6.94. The van der Waals surface area contributed by atoms with Crippen molar-refractivity contribution in [1.82, 2.24) is 14.9 Å². The minimum atomic E-state index is 0.00298. The number of nitrogens with one attached hydrogen (secondary N) is 1. The lowest BCUT2D eigenvalue weighted by Gasteiger charge is -2.31. The molecule has 1 amide bonds. The molecule has 1 unspecified atom stereocenters. The SMILES string of the molecule is CC(=O)c1cc(C(=O)N2CCCC(c3nc4c(C)cccc4[nH]3)C2)cs1. The van der Waals surface area contributed by atoms with Crippen molar-refractivity contribution in [2.45, 2.75) is 32.6 Å². The zero-order chi connectivity index (χ0) is 18.3. The van der Waals surface area contributed by atoms with Crippen LogP contribution in [0.3, 0.4) is 0 Å². The Balaban J connectivity index is 1.55. The number of H-pyrrole nitrogens is 1. The maximum atomic E-state index is 12.8. The number of benzene rings is 1. The number of aromatic amines is 1. The average Bonchev–Trinajstić information content (AvgIpc) is 3.29. The molecule has 1 N–H and O–H groups in total. The molecule has 4 rings (SSSR count). The summed E-state index contributed by atoms with van der Waals surface area (Å²) in [5, 5.41) is 1.78. The Hall–Kier alpha value is -2.47. The zero-order valence-corrected chi connectivity index (χ0v) is 15.7. The van der Waals surface area contributed by atoms with Crippen LogP contribution in [0.2, 0.25) is 0 Å². The van der Waals surface area contributed by atoms with Gasteiger partial charge in [-0.2, -0.15) is 0 Å². The molecule has 1 atom stereocenters. The van der Waals surface area contributed by atoms with Crippen molar-refractivity contribution in [3.63, 3.8) is 0 Å². The number of nitrogens with zero attached hydrogens (tertiary/aromatic N) is 2. The molecule has 1 saturated heterocycles. The number of imidazole rings is 1. The Morgan fingerprint density at radius 3 is 2.92 bits per heavy atom. The number of piperidine rings is 1. The van der Waals surface area contributed by atoms with E-state index < -0.39 is 0 Å². The molecule has 0 saturated carbocycles. The van der Waals surface area contributed by atoms with Gasteiger partial charge >= 0.3 is 0 Å². The normalized spacial score (nSPS) is 17.6. The lowest BCUT2D eigenvalue weighted by Crippen LogP contribution is -2.39. The fourth-order valence-electron chi connectivity index (χ4n) is 3.59. The first-order valence-corrected chi connectivity index (χ1v) is 9.75. The topological polar surface area (TPSA) is 66.1 Å². The minimum absolute atomic E-state index is 0.00298. The highest BCUT2D eigenvalue weighted by Gasteiger charge is 2.28. The lowest BCUT2D eigenvalue weighted by atomic mass is 9.97. The van der Waals surface area contributed by atoms with Crippen molar-refractivity contribution in [2.75, 3.05) is 13.1 Å². The highest BCUT2D eigenvalue weighted by molar-refractivity contribution is 7.12. The highest BCUT2D eigenvalue weighted by Crippen LogP contribution is 2.29. The van der Waals surface area contributed by atoms with Crippen molar-refractivity contribution in [1.29, 1.82) is 0 Å². The van der Waals surface area contributed by atoms with Crippen LogP contribution in [0.5, 0.6) is 0 Å². The molecule has 3 heterocycles. The summed E-state index contributed by atoms with van der Waals surface area (Å²) in [7, 11) is 0. The number of amides is 1. The summed E-state index contributed by atoms with van der Waals surface area (Å²) in [5.74, 6) is 1.18. The largest absolute Gasteiger partial charge is 0.342 e. The molecule has 1 aliphatic heterocycles. The Morgan fingerprint density at radius 1 is 1.35 bits per heavy atom. The molecule has 0 bridgehead atoms. The molecule has 6 heteroatoms. The predicted octanol–water partition coefficient (Wildman–Crippen LogP) is 4.16. The summed E-state index contributed by atoms with van der Waals surface area (Å²) >= 11 is 1.34. The van der Waals surface area contributed by atoms with E-state index in [1.165, 1.54) is 18.3 Å². The maximum Gasteiger partial charge on any atom is 0.254 e. The predicted molar refractivity (Wildman–Crippen MR) is 103 cm³/mol. The van der Waals surface area contributed by atoms with Crippen molar-refractivity contribution in [3.05, 3.63) is 51.5 Å². The number of likely N-dealkylation sites (tertiary alicyclic amines) is 1. The maximum absolute atomic E-state index is 12.8.